The van der Waals surface area contributed by atoms with Crippen LogP contribution in [-0.2, 0) is 11.2 Å². The highest BCUT2D eigenvalue weighted by Crippen LogP contribution is 2.20. The van der Waals surface area contributed by atoms with Gasteiger partial charge in [0.1, 0.15) is 5.84 Å². The summed E-state index contributed by atoms with van der Waals surface area (Å²) in [6, 6.07) is 14.9. The van der Waals surface area contributed by atoms with Crippen LogP contribution >= 0.6 is 0 Å². The van der Waals surface area contributed by atoms with Crippen molar-refractivity contribution in [3.63, 3.8) is 0 Å². The first-order valence-corrected chi connectivity index (χ1v) is 7.19. The monoisotopic (exact) mass is 304 g/mol. The molecule has 0 fully saturated rings. The Hall–Kier alpha value is -3.21. The Morgan fingerprint density at radius 1 is 1.13 bits per heavy atom. The van der Waals surface area contributed by atoms with Gasteiger partial charge in [0.15, 0.2) is 0 Å². The number of hydrogen-bond donors (Lipinski definition) is 3. The fourth-order valence-electron chi connectivity index (χ4n) is 2.38. The lowest BCUT2D eigenvalue weighted by Crippen LogP contribution is -2.14. The summed E-state index contributed by atoms with van der Waals surface area (Å²) in [7, 11) is 0. The van der Waals surface area contributed by atoms with Gasteiger partial charge < -0.3 is 11.1 Å². The van der Waals surface area contributed by atoms with Crippen molar-refractivity contribution < 1.29 is 4.79 Å². The maximum atomic E-state index is 12.1. The van der Waals surface area contributed by atoms with Crippen LogP contribution in [0.3, 0.4) is 0 Å². The lowest BCUT2D eigenvalue weighted by atomic mass is 10.1. The number of anilines is 1. The number of nitrogens with one attached hydrogen (secondary N) is 2. The molecule has 1 amide bonds. The van der Waals surface area contributed by atoms with Gasteiger partial charge in [0.2, 0.25) is 5.91 Å². The third kappa shape index (κ3) is 3.52. The minimum absolute atomic E-state index is 0.0424. The summed E-state index contributed by atoms with van der Waals surface area (Å²) < 4.78 is 0. The minimum Gasteiger partial charge on any atom is -0.384 e. The zero-order valence-electron chi connectivity index (χ0n) is 12.4. The summed E-state index contributed by atoms with van der Waals surface area (Å²) in [5, 5.41) is 12.3. The Morgan fingerprint density at radius 2 is 1.91 bits per heavy atom. The summed E-state index contributed by atoms with van der Waals surface area (Å²) in [5.41, 5.74) is 7.79. The molecule has 3 aromatic rings. The Balaban J connectivity index is 1.77. The van der Waals surface area contributed by atoms with Gasteiger partial charge in [0.05, 0.1) is 6.42 Å². The van der Waals surface area contributed by atoms with E-state index < -0.39 is 0 Å². The highest BCUT2D eigenvalue weighted by molar-refractivity contribution is 6.00. The zero-order valence-corrected chi connectivity index (χ0v) is 12.4. The number of carbonyl (C=O) groups excluding carboxylic acids is 1. The second-order valence-electron chi connectivity index (χ2n) is 5.28. The third-order valence-electron chi connectivity index (χ3n) is 3.52. The molecular formula is C18H16N4O. The van der Waals surface area contributed by atoms with Crippen molar-refractivity contribution in [3.8, 4) is 0 Å². The summed E-state index contributed by atoms with van der Waals surface area (Å²) in [4.78, 5) is 16.1. The van der Waals surface area contributed by atoms with Crippen molar-refractivity contribution in [2.75, 3.05) is 5.32 Å². The SMILES string of the molecule is N=C(N)c1ccc2cc(NC(=O)Cc3cccnc3)ccc2c1. The summed E-state index contributed by atoms with van der Waals surface area (Å²) in [6.07, 6.45) is 3.65. The molecule has 0 bridgehead atoms. The van der Waals surface area contributed by atoms with Crippen LogP contribution in [0.5, 0.6) is 0 Å². The van der Waals surface area contributed by atoms with Crippen LogP contribution < -0.4 is 11.1 Å². The first kappa shape index (κ1) is 14.7. The van der Waals surface area contributed by atoms with Gasteiger partial charge >= 0.3 is 0 Å². The maximum absolute atomic E-state index is 12.1. The number of hydrogen-bond acceptors (Lipinski definition) is 3. The highest BCUT2D eigenvalue weighted by atomic mass is 16.1. The van der Waals surface area contributed by atoms with Gasteiger partial charge in [0, 0.05) is 23.6 Å². The van der Waals surface area contributed by atoms with Gasteiger partial charge in [-0.15, -0.1) is 0 Å². The number of fused-ring (bicyclic) bond motifs is 1. The van der Waals surface area contributed by atoms with Crippen LogP contribution in [0.25, 0.3) is 10.8 Å². The molecule has 0 saturated heterocycles. The second kappa shape index (κ2) is 6.27. The lowest BCUT2D eigenvalue weighted by Gasteiger charge is -2.08. The molecule has 0 unspecified atom stereocenters. The van der Waals surface area contributed by atoms with Crippen molar-refractivity contribution in [2.45, 2.75) is 6.42 Å². The van der Waals surface area contributed by atoms with Crippen LogP contribution in [0.4, 0.5) is 5.69 Å². The number of carbonyl (C=O) groups is 1. The Labute approximate surface area is 133 Å². The minimum atomic E-state index is -0.0855. The predicted molar refractivity (Wildman–Crippen MR) is 91.5 cm³/mol. The molecule has 0 saturated carbocycles. The van der Waals surface area contributed by atoms with E-state index in [1.54, 1.807) is 18.5 Å². The molecule has 5 heteroatoms. The molecule has 0 aliphatic carbocycles. The second-order valence-corrected chi connectivity index (χ2v) is 5.28. The molecule has 2 aromatic carbocycles. The summed E-state index contributed by atoms with van der Waals surface area (Å²) in [6.45, 7) is 0. The zero-order chi connectivity index (χ0) is 16.2. The van der Waals surface area contributed by atoms with Crippen LogP contribution in [0, 0.1) is 5.41 Å². The van der Waals surface area contributed by atoms with Crippen molar-refractivity contribution in [1.29, 1.82) is 5.41 Å². The van der Waals surface area contributed by atoms with Gasteiger partial charge in [-0.05, 0) is 40.6 Å². The van der Waals surface area contributed by atoms with E-state index in [1.165, 1.54) is 0 Å². The van der Waals surface area contributed by atoms with Gasteiger partial charge in [-0.25, -0.2) is 0 Å². The van der Waals surface area contributed by atoms with E-state index in [1.807, 2.05) is 42.5 Å². The molecule has 0 aliphatic rings. The Morgan fingerprint density at radius 3 is 2.65 bits per heavy atom. The van der Waals surface area contributed by atoms with Crippen LogP contribution in [0.1, 0.15) is 11.1 Å². The average molecular weight is 304 g/mol. The van der Waals surface area contributed by atoms with Crippen molar-refractivity contribution in [1.82, 2.24) is 4.98 Å². The standard InChI is InChI=1S/C18H16N4O/c19-18(20)15-4-3-14-10-16(6-5-13(14)9-15)22-17(23)8-12-2-1-7-21-11-12/h1-7,9-11H,8H2,(H3,19,20)(H,22,23). The number of nitrogens with zero attached hydrogens (tertiary/aromatic N) is 1. The molecule has 0 spiro atoms. The smallest absolute Gasteiger partial charge is 0.228 e. The van der Waals surface area contributed by atoms with E-state index >= 15 is 0 Å². The number of aromatic nitrogens is 1. The number of rotatable bonds is 4. The van der Waals surface area contributed by atoms with Crippen LogP contribution in [0.15, 0.2) is 60.9 Å². The van der Waals surface area contributed by atoms with E-state index in [0.717, 1.165) is 22.0 Å². The molecule has 1 heterocycles. The van der Waals surface area contributed by atoms with E-state index in [2.05, 4.69) is 10.3 Å². The summed E-state index contributed by atoms with van der Waals surface area (Å²) in [5.74, 6) is -0.0431. The number of amidine groups is 1. The van der Waals surface area contributed by atoms with Gasteiger partial charge in [-0.1, -0.05) is 24.3 Å². The first-order valence-electron chi connectivity index (χ1n) is 7.19. The van der Waals surface area contributed by atoms with Gasteiger partial charge in [-0.2, -0.15) is 0 Å². The van der Waals surface area contributed by atoms with Gasteiger partial charge in [0.25, 0.3) is 0 Å². The van der Waals surface area contributed by atoms with Crippen molar-refractivity contribution >= 4 is 28.2 Å². The highest BCUT2D eigenvalue weighted by Gasteiger charge is 2.05. The molecule has 5 nitrogen and oxygen atoms in total. The molecule has 0 aliphatic heterocycles. The number of nitrogen functional groups attached to an aromatic ring is 1. The fraction of sp³-hybridized carbons (Fsp3) is 0.0556. The maximum Gasteiger partial charge on any atom is 0.228 e. The van der Waals surface area contributed by atoms with E-state index in [0.29, 0.717) is 5.56 Å². The van der Waals surface area contributed by atoms with Gasteiger partial charge in [-0.3, -0.25) is 15.2 Å². The molecule has 114 valence electrons. The quantitative estimate of drug-likeness (QED) is 0.511. The molecular weight excluding hydrogens is 288 g/mol. The van der Waals surface area contributed by atoms with E-state index in [4.69, 9.17) is 11.1 Å². The Bertz CT molecular complexity index is 875. The lowest BCUT2D eigenvalue weighted by molar-refractivity contribution is -0.115. The number of nitrogens with two attached hydrogens (primary N) is 1. The van der Waals surface area contributed by atoms with Crippen molar-refractivity contribution in [3.05, 3.63) is 72.1 Å². The van der Waals surface area contributed by atoms with E-state index in [9.17, 15) is 4.79 Å². The number of amides is 1. The normalized spacial score (nSPS) is 10.4. The Kier molecular flexibility index (Phi) is 4.01. The fourth-order valence-corrected chi connectivity index (χ4v) is 2.38. The molecule has 1 aromatic heterocycles. The molecule has 3 rings (SSSR count). The number of pyridine rings is 1. The molecule has 23 heavy (non-hydrogen) atoms. The molecule has 4 N–H and O–H groups in total. The third-order valence-corrected chi connectivity index (χ3v) is 3.52. The first-order chi connectivity index (χ1) is 11.1. The van der Waals surface area contributed by atoms with Crippen LogP contribution in [0.2, 0.25) is 0 Å². The van der Waals surface area contributed by atoms with Crippen molar-refractivity contribution in [2.24, 2.45) is 5.73 Å². The summed E-state index contributed by atoms with van der Waals surface area (Å²) >= 11 is 0. The van der Waals surface area contributed by atoms with Crippen LogP contribution in [-0.4, -0.2) is 16.7 Å². The van der Waals surface area contributed by atoms with E-state index in [-0.39, 0.29) is 18.2 Å². The predicted octanol–water partition coefficient (Wildman–Crippen LogP) is 2.70. The topological polar surface area (TPSA) is 91.9 Å². The molecule has 0 atom stereocenters. The molecule has 0 radical (unpaired) electrons. The number of benzene rings is 2. The average Bonchev–Trinajstić information content (AvgIpc) is 2.55. The largest absolute Gasteiger partial charge is 0.384 e.